The van der Waals surface area contributed by atoms with Crippen molar-refractivity contribution < 1.29 is 5.11 Å². The Morgan fingerprint density at radius 2 is 2.00 bits per heavy atom. The normalized spacial score (nSPS) is 11.0. The number of hydrogen-bond donors (Lipinski definition) is 1. The second-order valence-electron chi connectivity index (χ2n) is 2.46. The first-order valence-corrected chi connectivity index (χ1v) is 2.96. The van der Waals surface area contributed by atoms with Crippen molar-refractivity contribution in [1.29, 1.82) is 0 Å². The molecule has 1 N–H and O–H groups in total. The minimum Gasteiger partial charge on any atom is -0.400 e. The van der Waals surface area contributed by atoms with Gasteiger partial charge in [-0.3, -0.25) is 0 Å². The largest absolute Gasteiger partial charge is 0.400 e. The van der Waals surface area contributed by atoms with E-state index in [-0.39, 0.29) is 0 Å². The van der Waals surface area contributed by atoms with Crippen LogP contribution in [0.5, 0.6) is 0 Å². The molecule has 44 valence electrons. The van der Waals surface area contributed by atoms with Gasteiger partial charge in [0, 0.05) is 5.50 Å². The Hall–Kier alpha value is 0.0899. The highest BCUT2D eigenvalue weighted by molar-refractivity contribution is 7.01. The highest BCUT2D eigenvalue weighted by atomic mass is 16.3. The molecule has 2 radical (unpaired) electrons. The first kappa shape index (κ1) is 8.09. The third kappa shape index (κ3) is 6.09. The van der Waals surface area contributed by atoms with Gasteiger partial charge in [0.05, 0.1) is 7.17 Å². The Morgan fingerprint density at radius 3 is 2.12 bits per heavy atom. The highest BCUT2D eigenvalue weighted by Crippen LogP contribution is 1.95. The van der Waals surface area contributed by atoms with Crippen LogP contribution in [-0.2, 0) is 0 Å². The molecule has 0 aliphatic rings. The van der Waals surface area contributed by atoms with Gasteiger partial charge in [-0.25, -0.2) is 0 Å². The molecule has 0 heterocycles. The summed E-state index contributed by atoms with van der Waals surface area (Å²) in [7, 11) is 3.76. The van der Waals surface area contributed by atoms with Crippen molar-refractivity contribution in [1.82, 2.24) is 0 Å². The van der Waals surface area contributed by atoms with Crippen LogP contribution < -0.4 is 0 Å². The number of hydrogen-bond acceptors (Lipinski definition) is 1. The van der Waals surface area contributed by atoms with Gasteiger partial charge < -0.3 is 5.11 Å². The third-order valence-electron chi connectivity index (χ3n) is 0.761. The maximum absolute atomic E-state index is 9.06. The Morgan fingerprint density at radius 1 is 1.50 bits per heavy atom. The predicted molar refractivity (Wildman–Crippen MR) is 38.3 cm³/mol. The smallest absolute Gasteiger partial charge is 0.108 e. The second-order valence-corrected chi connectivity index (χ2v) is 2.46. The van der Waals surface area contributed by atoms with Crippen molar-refractivity contribution in [2.45, 2.75) is 32.6 Å². The zero-order valence-corrected chi connectivity index (χ0v) is 5.81. The van der Waals surface area contributed by atoms with Crippen LogP contribution >= 0.6 is 0 Å². The Balaban J connectivity index is 3.11. The lowest BCUT2D eigenvalue weighted by Gasteiger charge is -2.14. The molecule has 0 atom stereocenters. The summed E-state index contributed by atoms with van der Waals surface area (Å²) in [6.07, 6.45) is 0.990. The number of aliphatic hydroxyl groups is 1. The molecule has 0 amide bonds. The summed E-state index contributed by atoms with van der Waals surface area (Å²) in [5.41, 5.74) is -0.629. The van der Waals surface area contributed by atoms with Crippen LogP contribution in [0.1, 0.15) is 20.8 Å². The van der Waals surface area contributed by atoms with Crippen LogP contribution in [0, 0.1) is 0 Å². The molecule has 0 saturated carbocycles. The van der Waals surface area contributed by atoms with Crippen LogP contribution in [0.3, 0.4) is 0 Å². The van der Waals surface area contributed by atoms with Gasteiger partial charge in [-0.15, -0.1) is 0 Å². The Bertz CT molecular complexity index is 57.9. The maximum atomic E-state index is 9.06. The van der Waals surface area contributed by atoms with Gasteiger partial charge in [0.25, 0.3) is 0 Å². The summed E-state index contributed by atoms with van der Waals surface area (Å²) in [5.74, 6) is 0. The Kier molecular flexibility index (Phi) is 3.22. The SMILES string of the molecule is CC[B][B]C(C)(C)O. The highest BCUT2D eigenvalue weighted by Gasteiger charge is 2.11. The molecule has 1 nitrogen and oxygen atoms in total. The van der Waals surface area contributed by atoms with Crippen LogP contribution in [0.2, 0.25) is 6.32 Å². The van der Waals surface area contributed by atoms with Gasteiger partial charge in [0.1, 0.15) is 7.17 Å². The zero-order chi connectivity index (χ0) is 6.62. The van der Waals surface area contributed by atoms with Crippen LogP contribution in [0.15, 0.2) is 0 Å². The van der Waals surface area contributed by atoms with E-state index >= 15 is 0 Å². The molecule has 0 aliphatic heterocycles. The van der Waals surface area contributed by atoms with Crippen molar-refractivity contribution in [3.05, 3.63) is 0 Å². The quantitative estimate of drug-likeness (QED) is 0.523. The topological polar surface area (TPSA) is 20.2 Å². The van der Waals surface area contributed by atoms with Gasteiger partial charge >= 0.3 is 0 Å². The second kappa shape index (κ2) is 3.18. The molecule has 0 fully saturated rings. The Labute approximate surface area is 53.0 Å². The molecule has 0 aromatic rings. The van der Waals surface area contributed by atoms with E-state index in [0.717, 1.165) is 6.32 Å². The molecule has 0 bridgehead atoms. The monoisotopic (exact) mass is 110 g/mol. The fourth-order valence-electron chi connectivity index (χ4n) is 0.406. The first-order chi connectivity index (χ1) is 3.56. The third-order valence-corrected chi connectivity index (χ3v) is 0.761. The average Bonchev–Trinajstić information content (AvgIpc) is 1.59. The van der Waals surface area contributed by atoms with Crippen LogP contribution in [-0.4, -0.2) is 24.9 Å². The van der Waals surface area contributed by atoms with E-state index in [4.69, 9.17) is 5.11 Å². The van der Waals surface area contributed by atoms with E-state index in [2.05, 4.69) is 0 Å². The zero-order valence-electron chi connectivity index (χ0n) is 5.81. The summed E-state index contributed by atoms with van der Waals surface area (Å²) >= 11 is 0. The van der Waals surface area contributed by atoms with Crippen molar-refractivity contribution in [3.8, 4) is 0 Å². The fourth-order valence-corrected chi connectivity index (χ4v) is 0.406. The molecule has 0 aliphatic carbocycles. The van der Waals surface area contributed by atoms with E-state index < -0.39 is 5.50 Å². The lowest BCUT2D eigenvalue weighted by atomic mass is 9.32. The van der Waals surface area contributed by atoms with Gasteiger partial charge in [-0.2, -0.15) is 0 Å². The van der Waals surface area contributed by atoms with Gasteiger partial charge in [0.2, 0.25) is 0 Å². The molecule has 0 rings (SSSR count). The molecule has 0 aromatic carbocycles. The van der Waals surface area contributed by atoms with E-state index in [1.807, 2.05) is 14.1 Å². The number of rotatable bonds is 3. The summed E-state index contributed by atoms with van der Waals surface area (Å²) in [4.78, 5) is 0. The molecule has 0 aromatic heterocycles. The van der Waals surface area contributed by atoms with Gasteiger partial charge in [-0.1, -0.05) is 13.2 Å². The van der Waals surface area contributed by atoms with Crippen molar-refractivity contribution >= 4 is 14.3 Å². The minimum absolute atomic E-state index is 0.629. The maximum Gasteiger partial charge on any atom is 0.108 e. The van der Waals surface area contributed by atoms with Crippen LogP contribution in [0.25, 0.3) is 0 Å². The standard InChI is InChI=1S/C5H12B2O/c1-4-6-7-5(2,3)8/h8H,4H2,1-3H3. The summed E-state index contributed by atoms with van der Waals surface area (Å²) < 4.78 is 0. The van der Waals surface area contributed by atoms with E-state index in [9.17, 15) is 0 Å². The summed E-state index contributed by atoms with van der Waals surface area (Å²) in [5, 5.41) is 9.06. The van der Waals surface area contributed by atoms with Crippen molar-refractivity contribution in [2.75, 3.05) is 0 Å². The fraction of sp³-hybridized carbons (Fsp3) is 1.00. The summed E-state index contributed by atoms with van der Waals surface area (Å²) in [6, 6.07) is 0. The molecular formula is C5H12B2O. The molecule has 8 heavy (non-hydrogen) atoms. The molecule has 0 unspecified atom stereocenters. The first-order valence-electron chi connectivity index (χ1n) is 2.96. The molecule has 0 spiro atoms. The van der Waals surface area contributed by atoms with Crippen LogP contribution in [0.4, 0.5) is 0 Å². The van der Waals surface area contributed by atoms with Crippen molar-refractivity contribution in [2.24, 2.45) is 0 Å². The van der Waals surface area contributed by atoms with Crippen molar-refractivity contribution in [3.63, 3.8) is 0 Å². The van der Waals surface area contributed by atoms with E-state index in [1.54, 1.807) is 21.0 Å². The molecular weight excluding hydrogens is 97.7 g/mol. The average molecular weight is 110 g/mol. The van der Waals surface area contributed by atoms with E-state index in [0.29, 0.717) is 0 Å². The van der Waals surface area contributed by atoms with Gasteiger partial charge in [-0.05, 0) is 13.8 Å². The molecule has 3 heteroatoms. The lowest BCUT2D eigenvalue weighted by Crippen LogP contribution is -2.31. The molecule has 0 saturated heterocycles. The van der Waals surface area contributed by atoms with E-state index in [1.165, 1.54) is 0 Å². The van der Waals surface area contributed by atoms with Gasteiger partial charge in [0.15, 0.2) is 0 Å². The summed E-state index contributed by atoms with van der Waals surface area (Å²) in [6.45, 7) is 5.57. The lowest BCUT2D eigenvalue weighted by molar-refractivity contribution is 0.168. The predicted octanol–water partition coefficient (Wildman–Crippen LogP) is 0.476. The minimum atomic E-state index is -0.629.